The highest BCUT2D eigenvalue weighted by Gasteiger charge is 2.28. The van der Waals surface area contributed by atoms with Crippen LogP contribution >= 0.6 is 0 Å². The molecular formula is C22H21N3O2. The van der Waals surface area contributed by atoms with Crippen LogP contribution in [0.4, 0.5) is 5.82 Å². The van der Waals surface area contributed by atoms with Crippen LogP contribution in [0.2, 0.25) is 0 Å². The largest absolute Gasteiger partial charge is 0.478 e. The molecule has 1 fully saturated rings. The Labute approximate surface area is 158 Å². The van der Waals surface area contributed by atoms with Crippen molar-refractivity contribution in [1.29, 1.82) is 0 Å². The van der Waals surface area contributed by atoms with E-state index in [1.807, 2.05) is 55.5 Å². The molecule has 2 heterocycles. The second kappa shape index (κ2) is 7.19. The van der Waals surface area contributed by atoms with Gasteiger partial charge in [-0.3, -0.25) is 0 Å². The highest BCUT2D eigenvalue weighted by atomic mass is 16.4. The molecule has 0 bridgehead atoms. The smallest absolute Gasteiger partial charge is 0.335 e. The van der Waals surface area contributed by atoms with Gasteiger partial charge in [-0.25, -0.2) is 14.8 Å². The van der Waals surface area contributed by atoms with Crippen molar-refractivity contribution in [2.45, 2.75) is 19.3 Å². The standard InChI is InChI=1S/C22H21N3O2/c1-15-13-20(24-21(23-15)16-7-3-2-4-8-16)25-12-11-17(14-25)18-9-5-6-10-19(18)22(26)27/h2-10,13,17H,11-12,14H2,1H3,(H,26,27)/t17-/m0/s1. The van der Waals surface area contributed by atoms with E-state index in [1.54, 1.807) is 12.1 Å². The van der Waals surface area contributed by atoms with E-state index in [4.69, 9.17) is 4.98 Å². The lowest BCUT2D eigenvalue weighted by Gasteiger charge is -2.19. The van der Waals surface area contributed by atoms with Crippen molar-refractivity contribution in [1.82, 2.24) is 9.97 Å². The molecule has 1 aliphatic rings. The Morgan fingerprint density at radius 1 is 1.07 bits per heavy atom. The minimum atomic E-state index is -0.867. The predicted octanol–water partition coefficient (Wildman–Crippen LogP) is 4.14. The number of carbonyl (C=O) groups is 1. The summed E-state index contributed by atoms with van der Waals surface area (Å²) in [5.74, 6) is 0.942. The first-order valence-electron chi connectivity index (χ1n) is 9.10. The van der Waals surface area contributed by atoms with Crippen molar-refractivity contribution in [3.63, 3.8) is 0 Å². The van der Waals surface area contributed by atoms with Crippen molar-refractivity contribution >= 4 is 11.8 Å². The van der Waals surface area contributed by atoms with Crippen LogP contribution in [0.5, 0.6) is 0 Å². The molecule has 1 atom stereocenters. The zero-order valence-corrected chi connectivity index (χ0v) is 15.2. The van der Waals surface area contributed by atoms with Gasteiger partial charge in [-0.1, -0.05) is 48.5 Å². The lowest BCUT2D eigenvalue weighted by Crippen LogP contribution is -2.21. The fourth-order valence-electron chi connectivity index (χ4n) is 3.70. The minimum absolute atomic E-state index is 0.188. The van der Waals surface area contributed by atoms with Crippen LogP contribution in [0.3, 0.4) is 0 Å². The van der Waals surface area contributed by atoms with Gasteiger partial charge in [-0.05, 0) is 25.0 Å². The van der Waals surface area contributed by atoms with Gasteiger partial charge >= 0.3 is 5.97 Å². The Morgan fingerprint density at radius 2 is 1.81 bits per heavy atom. The number of carboxylic acid groups (broad SMARTS) is 1. The van der Waals surface area contributed by atoms with Crippen LogP contribution in [-0.4, -0.2) is 34.1 Å². The van der Waals surface area contributed by atoms with Crippen molar-refractivity contribution in [3.05, 3.63) is 77.5 Å². The van der Waals surface area contributed by atoms with Crippen molar-refractivity contribution in [3.8, 4) is 11.4 Å². The van der Waals surface area contributed by atoms with Gasteiger partial charge in [0.15, 0.2) is 5.82 Å². The molecule has 5 nitrogen and oxygen atoms in total. The molecule has 0 amide bonds. The SMILES string of the molecule is Cc1cc(N2CC[C@H](c3ccccc3C(=O)O)C2)nc(-c2ccccc2)n1. The number of benzene rings is 2. The van der Waals surface area contributed by atoms with E-state index in [-0.39, 0.29) is 5.92 Å². The summed E-state index contributed by atoms with van der Waals surface area (Å²) < 4.78 is 0. The van der Waals surface area contributed by atoms with E-state index < -0.39 is 5.97 Å². The summed E-state index contributed by atoms with van der Waals surface area (Å²) in [4.78, 5) is 23.1. The molecule has 3 aromatic rings. The van der Waals surface area contributed by atoms with Crippen LogP contribution in [0.25, 0.3) is 11.4 Å². The molecule has 1 saturated heterocycles. The lowest BCUT2D eigenvalue weighted by atomic mass is 9.93. The molecule has 4 rings (SSSR count). The van der Waals surface area contributed by atoms with E-state index in [9.17, 15) is 9.90 Å². The highest BCUT2D eigenvalue weighted by Crippen LogP contribution is 2.32. The Morgan fingerprint density at radius 3 is 2.59 bits per heavy atom. The van der Waals surface area contributed by atoms with Gasteiger partial charge in [0.2, 0.25) is 0 Å². The quantitative estimate of drug-likeness (QED) is 0.758. The molecule has 1 aromatic heterocycles. The molecule has 1 aliphatic heterocycles. The predicted molar refractivity (Wildman–Crippen MR) is 105 cm³/mol. The first kappa shape index (κ1) is 17.2. The third-order valence-corrected chi connectivity index (χ3v) is 5.02. The van der Waals surface area contributed by atoms with Gasteiger partial charge in [0.05, 0.1) is 5.56 Å². The topological polar surface area (TPSA) is 66.3 Å². The summed E-state index contributed by atoms with van der Waals surface area (Å²) in [6.45, 7) is 3.59. The zero-order valence-electron chi connectivity index (χ0n) is 15.2. The molecule has 2 aromatic carbocycles. The number of nitrogens with zero attached hydrogens (tertiary/aromatic N) is 3. The van der Waals surface area contributed by atoms with E-state index in [1.165, 1.54) is 0 Å². The number of aromatic carboxylic acids is 1. The van der Waals surface area contributed by atoms with Gasteiger partial charge in [-0.15, -0.1) is 0 Å². The average Bonchev–Trinajstić information content (AvgIpc) is 3.18. The Kier molecular flexibility index (Phi) is 4.59. The van der Waals surface area contributed by atoms with E-state index in [0.717, 1.165) is 48.0 Å². The van der Waals surface area contributed by atoms with Crippen LogP contribution in [-0.2, 0) is 0 Å². The molecule has 5 heteroatoms. The number of anilines is 1. The number of hydrogen-bond donors (Lipinski definition) is 1. The summed E-state index contributed by atoms with van der Waals surface area (Å²) in [7, 11) is 0. The molecule has 0 aliphatic carbocycles. The van der Waals surface area contributed by atoms with Gasteiger partial charge in [-0.2, -0.15) is 0 Å². The van der Waals surface area contributed by atoms with Gasteiger partial charge in [0.1, 0.15) is 5.82 Å². The fraction of sp³-hybridized carbons (Fsp3) is 0.227. The number of carboxylic acids is 1. The monoisotopic (exact) mass is 359 g/mol. The van der Waals surface area contributed by atoms with Crippen LogP contribution in [0.15, 0.2) is 60.7 Å². The van der Waals surface area contributed by atoms with Crippen LogP contribution < -0.4 is 4.90 Å². The maximum absolute atomic E-state index is 11.5. The van der Waals surface area contributed by atoms with Gasteiger partial charge in [0.25, 0.3) is 0 Å². The highest BCUT2D eigenvalue weighted by molar-refractivity contribution is 5.89. The summed E-state index contributed by atoms with van der Waals surface area (Å²) >= 11 is 0. The normalized spacial score (nSPS) is 16.5. The Hall–Kier alpha value is -3.21. The number of rotatable bonds is 4. The molecule has 136 valence electrons. The molecule has 27 heavy (non-hydrogen) atoms. The summed E-state index contributed by atoms with van der Waals surface area (Å²) in [6, 6.07) is 19.3. The third kappa shape index (κ3) is 3.53. The molecule has 1 N–H and O–H groups in total. The van der Waals surface area contributed by atoms with E-state index in [0.29, 0.717) is 5.56 Å². The first-order chi connectivity index (χ1) is 13.1. The zero-order chi connectivity index (χ0) is 18.8. The maximum Gasteiger partial charge on any atom is 0.335 e. The number of aromatic nitrogens is 2. The molecule has 0 unspecified atom stereocenters. The molecule has 0 spiro atoms. The number of aryl methyl sites for hydroxylation is 1. The summed E-state index contributed by atoms with van der Waals surface area (Å²) in [6.07, 6.45) is 0.911. The number of hydrogen-bond acceptors (Lipinski definition) is 4. The van der Waals surface area contributed by atoms with Crippen molar-refractivity contribution in [2.75, 3.05) is 18.0 Å². The van der Waals surface area contributed by atoms with Crippen LogP contribution in [0, 0.1) is 6.92 Å². The third-order valence-electron chi connectivity index (χ3n) is 5.02. The van der Waals surface area contributed by atoms with Crippen molar-refractivity contribution in [2.24, 2.45) is 0 Å². The van der Waals surface area contributed by atoms with Crippen LogP contribution in [0.1, 0.15) is 34.0 Å². The molecule has 0 saturated carbocycles. The second-order valence-electron chi connectivity index (χ2n) is 6.88. The average molecular weight is 359 g/mol. The molecule has 0 radical (unpaired) electrons. The van der Waals surface area contributed by atoms with Crippen molar-refractivity contribution < 1.29 is 9.90 Å². The van der Waals surface area contributed by atoms with E-state index in [2.05, 4.69) is 9.88 Å². The van der Waals surface area contributed by atoms with Gasteiger partial charge in [0, 0.05) is 36.3 Å². The minimum Gasteiger partial charge on any atom is -0.478 e. The maximum atomic E-state index is 11.5. The Bertz CT molecular complexity index is 972. The van der Waals surface area contributed by atoms with E-state index >= 15 is 0 Å². The summed E-state index contributed by atoms with van der Waals surface area (Å²) in [5, 5.41) is 9.47. The lowest BCUT2D eigenvalue weighted by molar-refractivity contribution is 0.0695. The first-order valence-corrected chi connectivity index (χ1v) is 9.10. The molecular weight excluding hydrogens is 338 g/mol. The second-order valence-corrected chi connectivity index (χ2v) is 6.88. The Balaban J connectivity index is 1.61. The fourth-order valence-corrected chi connectivity index (χ4v) is 3.70. The summed E-state index contributed by atoms with van der Waals surface area (Å²) in [5.41, 5.74) is 3.22. The van der Waals surface area contributed by atoms with Gasteiger partial charge < -0.3 is 10.0 Å².